The molecule has 1 aromatic rings. The van der Waals surface area contributed by atoms with Gasteiger partial charge in [-0.3, -0.25) is 19.9 Å². The SMILES string of the molecule is CCCN1C(=O)C2C(NC3N(c4ccc(Br)cc4)CCCN23)N(C)C1=O. The summed E-state index contributed by atoms with van der Waals surface area (Å²) in [6, 6.07) is 7.68. The van der Waals surface area contributed by atoms with Crippen molar-refractivity contribution in [1.29, 1.82) is 0 Å². The summed E-state index contributed by atoms with van der Waals surface area (Å²) in [5, 5.41) is 3.53. The number of likely N-dealkylation sites (N-methyl/N-ethyl adjacent to an activating group) is 1. The third-order valence-electron chi connectivity index (χ3n) is 5.48. The summed E-state index contributed by atoms with van der Waals surface area (Å²) in [5.41, 5.74) is 1.11. The molecule has 8 heteroatoms. The van der Waals surface area contributed by atoms with Crippen LogP contribution in [0.1, 0.15) is 19.8 Å². The Morgan fingerprint density at radius 1 is 1.19 bits per heavy atom. The van der Waals surface area contributed by atoms with Gasteiger partial charge in [-0.05, 0) is 37.1 Å². The lowest BCUT2D eigenvalue weighted by Crippen LogP contribution is -2.66. The van der Waals surface area contributed by atoms with Gasteiger partial charge in [0.1, 0.15) is 18.5 Å². The molecule has 3 heterocycles. The second-order valence-corrected chi connectivity index (χ2v) is 7.99. The van der Waals surface area contributed by atoms with Gasteiger partial charge in [-0.2, -0.15) is 0 Å². The Bertz CT molecular complexity index is 712. The normalized spacial score (nSPS) is 29.2. The Morgan fingerprint density at radius 3 is 2.62 bits per heavy atom. The van der Waals surface area contributed by atoms with Crippen LogP contribution in [0, 0.1) is 0 Å². The molecule has 7 nitrogen and oxygen atoms in total. The van der Waals surface area contributed by atoms with Crippen LogP contribution in [0.2, 0.25) is 0 Å². The number of rotatable bonds is 3. The van der Waals surface area contributed by atoms with E-state index in [9.17, 15) is 9.59 Å². The second-order valence-electron chi connectivity index (χ2n) is 7.07. The molecule has 140 valence electrons. The molecule has 3 unspecified atom stereocenters. The van der Waals surface area contributed by atoms with Crippen LogP contribution in [-0.2, 0) is 4.79 Å². The monoisotopic (exact) mass is 421 g/mol. The molecule has 3 fully saturated rings. The second kappa shape index (κ2) is 6.83. The fourth-order valence-corrected chi connectivity index (χ4v) is 4.51. The number of halogens is 1. The van der Waals surface area contributed by atoms with E-state index in [-0.39, 0.29) is 30.4 Å². The first-order valence-corrected chi connectivity index (χ1v) is 9.94. The summed E-state index contributed by atoms with van der Waals surface area (Å²) < 4.78 is 1.04. The van der Waals surface area contributed by atoms with Crippen LogP contribution in [0.15, 0.2) is 28.7 Å². The van der Waals surface area contributed by atoms with Gasteiger partial charge in [0.15, 0.2) is 0 Å². The van der Waals surface area contributed by atoms with Crippen molar-refractivity contribution in [3.05, 3.63) is 28.7 Å². The van der Waals surface area contributed by atoms with E-state index in [4.69, 9.17) is 0 Å². The first-order valence-electron chi connectivity index (χ1n) is 9.15. The maximum atomic E-state index is 13.1. The molecule has 3 aliphatic heterocycles. The number of nitrogens with zero attached hydrogens (tertiary/aromatic N) is 4. The summed E-state index contributed by atoms with van der Waals surface area (Å²) in [7, 11) is 1.78. The minimum atomic E-state index is -0.326. The predicted molar refractivity (Wildman–Crippen MR) is 102 cm³/mol. The molecule has 3 atom stereocenters. The lowest BCUT2D eigenvalue weighted by molar-refractivity contribution is -0.138. The highest BCUT2D eigenvalue weighted by molar-refractivity contribution is 9.10. The average Bonchev–Trinajstić information content (AvgIpc) is 3.04. The lowest BCUT2D eigenvalue weighted by atomic mass is 10.1. The molecule has 3 amide bonds. The number of benzene rings is 1. The molecule has 0 aromatic heterocycles. The van der Waals surface area contributed by atoms with Crippen molar-refractivity contribution in [2.75, 3.05) is 31.6 Å². The first-order chi connectivity index (χ1) is 12.5. The highest BCUT2D eigenvalue weighted by Gasteiger charge is 2.55. The van der Waals surface area contributed by atoms with Crippen molar-refractivity contribution in [2.45, 2.75) is 38.3 Å². The molecule has 0 radical (unpaired) electrons. The number of carbonyl (C=O) groups excluding carboxylic acids is 2. The van der Waals surface area contributed by atoms with E-state index in [1.807, 2.05) is 19.1 Å². The van der Waals surface area contributed by atoms with Crippen molar-refractivity contribution in [3.63, 3.8) is 0 Å². The highest BCUT2D eigenvalue weighted by atomic mass is 79.9. The van der Waals surface area contributed by atoms with Gasteiger partial charge < -0.3 is 9.80 Å². The standard InChI is InChI=1S/C18H24BrN5O2/c1-3-9-24-16(25)14-15(21(2)18(24)26)20-17-22(10-4-11-23(14)17)13-7-5-12(19)6-8-13/h5-8,14-15,17,20H,3-4,9-11H2,1-2H3. The van der Waals surface area contributed by atoms with Gasteiger partial charge in [0.05, 0.1) is 0 Å². The maximum absolute atomic E-state index is 13.1. The van der Waals surface area contributed by atoms with Crippen molar-refractivity contribution >= 4 is 33.6 Å². The fraction of sp³-hybridized carbons (Fsp3) is 0.556. The summed E-state index contributed by atoms with van der Waals surface area (Å²) in [6.45, 7) is 4.22. The number of carbonyl (C=O) groups is 2. The van der Waals surface area contributed by atoms with Gasteiger partial charge in [0.25, 0.3) is 5.91 Å². The minimum Gasteiger partial charge on any atom is -0.343 e. The first kappa shape index (κ1) is 17.8. The van der Waals surface area contributed by atoms with Gasteiger partial charge in [-0.25, -0.2) is 4.79 Å². The van der Waals surface area contributed by atoms with Crippen LogP contribution >= 0.6 is 15.9 Å². The molecule has 3 aliphatic rings. The number of hydrogen-bond donors (Lipinski definition) is 1. The van der Waals surface area contributed by atoms with E-state index in [0.29, 0.717) is 6.54 Å². The van der Waals surface area contributed by atoms with Gasteiger partial charge in [0, 0.05) is 36.8 Å². The van der Waals surface area contributed by atoms with Crippen molar-refractivity contribution in [3.8, 4) is 0 Å². The number of urea groups is 1. The largest absolute Gasteiger partial charge is 0.343 e. The van der Waals surface area contributed by atoms with E-state index in [0.717, 1.165) is 36.1 Å². The summed E-state index contributed by atoms with van der Waals surface area (Å²) in [4.78, 5) is 33.3. The molecule has 1 N–H and O–H groups in total. The number of anilines is 1. The molecule has 0 bridgehead atoms. The van der Waals surface area contributed by atoms with Crippen LogP contribution in [0.4, 0.5) is 10.5 Å². The molecule has 0 aliphatic carbocycles. The van der Waals surface area contributed by atoms with E-state index in [1.165, 1.54) is 4.90 Å². The number of imide groups is 1. The third kappa shape index (κ3) is 2.71. The van der Waals surface area contributed by atoms with Crippen molar-refractivity contribution < 1.29 is 9.59 Å². The molecule has 3 saturated heterocycles. The molecule has 0 saturated carbocycles. The molecular formula is C18H24BrN5O2. The van der Waals surface area contributed by atoms with E-state index < -0.39 is 0 Å². The molecule has 4 rings (SSSR count). The van der Waals surface area contributed by atoms with E-state index in [1.54, 1.807) is 11.9 Å². The number of fused-ring (bicyclic) bond motifs is 3. The molecule has 26 heavy (non-hydrogen) atoms. The Kier molecular flexibility index (Phi) is 4.66. The van der Waals surface area contributed by atoms with Gasteiger partial charge >= 0.3 is 6.03 Å². The van der Waals surface area contributed by atoms with E-state index in [2.05, 4.69) is 43.2 Å². The Hall–Kier alpha value is -1.64. The Labute approximate surface area is 162 Å². The molecule has 1 aromatic carbocycles. The third-order valence-corrected chi connectivity index (χ3v) is 6.00. The zero-order valence-corrected chi connectivity index (χ0v) is 16.6. The van der Waals surface area contributed by atoms with E-state index >= 15 is 0 Å². The predicted octanol–water partition coefficient (Wildman–Crippen LogP) is 1.85. The highest BCUT2D eigenvalue weighted by Crippen LogP contribution is 2.33. The zero-order chi connectivity index (χ0) is 18.4. The summed E-state index contributed by atoms with van der Waals surface area (Å²) >= 11 is 3.48. The Morgan fingerprint density at radius 2 is 1.92 bits per heavy atom. The fourth-order valence-electron chi connectivity index (χ4n) is 4.25. The number of hydrogen-bond acceptors (Lipinski definition) is 5. The quantitative estimate of drug-likeness (QED) is 0.806. The van der Waals surface area contributed by atoms with Crippen LogP contribution in [0.3, 0.4) is 0 Å². The van der Waals surface area contributed by atoms with Crippen molar-refractivity contribution in [1.82, 2.24) is 20.0 Å². The maximum Gasteiger partial charge on any atom is 0.327 e. The average molecular weight is 422 g/mol. The van der Waals surface area contributed by atoms with Crippen LogP contribution in [0.25, 0.3) is 0 Å². The molecule has 0 spiro atoms. The lowest BCUT2D eigenvalue weighted by Gasteiger charge is -2.43. The summed E-state index contributed by atoms with van der Waals surface area (Å²) in [5.74, 6) is -0.0763. The van der Waals surface area contributed by atoms with Crippen LogP contribution in [0.5, 0.6) is 0 Å². The summed E-state index contributed by atoms with van der Waals surface area (Å²) in [6.07, 6.45) is 1.38. The minimum absolute atomic E-state index is 0.0763. The van der Waals surface area contributed by atoms with Crippen LogP contribution in [-0.4, -0.2) is 71.8 Å². The smallest absolute Gasteiger partial charge is 0.327 e. The van der Waals surface area contributed by atoms with Crippen LogP contribution < -0.4 is 10.2 Å². The van der Waals surface area contributed by atoms with Gasteiger partial charge in [-0.1, -0.05) is 22.9 Å². The molecular weight excluding hydrogens is 398 g/mol. The van der Waals surface area contributed by atoms with Gasteiger partial charge in [-0.15, -0.1) is 0 Å². The zero-order valence-electron chi connectivity index (χ0n) is 15.1. The van der Waals surface area contributed by atoms with Gasteiger partial charge in [0.2, 0.25) is 0 Å². The number of amides is 3. The Balaban J connectivity index is 1.64. The number of nitrogens with one attached hydrogen (secondary N) is 1. The topological polar surface area (TPSA) is 59.1 Å². The van der Waals surface area contributed by atoms with Crippen molar-refractivity contribution in [2.24, 2.45) is 0 Å².